The standard InChI is InChI=1S/C35H43N5O5S/c1-37(2)46(43,44)36-34(41)24-9-11-30-31(21-24)40-22-26(35(42)39-18-17-38-15-13-27(39)14-16-38)19-25-20-28(45-3)10-12-29(25)33(40)32(30)23-7-5-4-6-8-23/h9-12,19-21,23,27H,4-8,13-18,22H2,1-3H3,(H,36,41). The van der Waals surface area contributed by atoms with Crippen LogP contribution in [-0.4, -0.2) is 92.3 Å². The molecule has 0 spiro atoms. The second kappa shape index (κ2) is 12.2. The Hall–Kier alpha value is -3.67. The molecule has 1 aliphatic carbocycles. The van der Waals surface area contributed by atoms with E-state index in [4.69, 9.17) is 4.74 Å². The average molecular weight is 646 g/mol. The number of rotatable bonds is 6. The summed E-state index contributed by atoms with van der Waals surface area (Å²) in [5, 5.41) is 1.05. The molecule has 46 heavy (non-hydrogen) atoms. The zero-order valence-corrected chi connectivity index (χ0v) is 27.7. The minimum atomic E-state index is -3.97. The smallest absolute Gasteiger partial charge is 0.303 e. The summed E-state index contributed by atoms with van der Waals surface area (Å²) in [5.74, 6) is 0.435. The number of fused-ring (bicyclic) bond motifs is 9. The number of carbonyl (C=O) groups excluding carboxylic acids is 2. The second-order valence-electron chi connectivity index (χ2n) is 13.3. The topological polar surface area (TPSA) is 104 Å². The van der Waals surface area contributed by atoms with Crippen molar-refractivity contribution in [3.8, 4) is 17.0 Å². The van der Waals surface area contributed by atoms with Crippen LogP contribution in [-0.2, 0) is 21.5 Å². The molecule has 5 heterocycles. The first-order valence-electron chi connectivity index (χ1n) is 16.5. The van der Waals surface area contributed by atoms with Crippen LogP contribution in [0.25, 0.3) is 28.2 Å². The molecule has 3 saturated heterocycles. The van der Waals surface area contributed by atoms with Crippen LogP contribution in [0.5, 0.6) is 5.75 Å². The Morgan fingerprint density at radius 2 is 1.70 bits per heavy atom. The molecule has 2 bridgehead atoms. The molecule has 1 aromatic heterocycles. The maximum atomic E-state index is 14.5. The molecule has 0 atom stereocenters. The third kappa shape index (κ3) is 5.52. The van der Waals surface area contributed by atoms with E-state index in [2.05, 4.69) is 25.2 Å². The van der Waals surface area contributed by atoms with Crippen LogP contribution < -0.4 is 9.46 Å². The Morgan fingerprint density at radius 1 is 0.935 bits per heavy atom. The highest BCUT2D eigenvalue weighted by Gasteiger charge is 2.36. The first-order valence-corrected chi connectivity index (χ1v) is 17.9. The van der Waals surface area contributed by atoms with E-state index >= 15 is 0 Å². The SMILES string of the molecule is COc1ccc2c(c1)C=C(C(=O)N1CCN3CCC1CC3)Cn1c-2c(C2CCCCC2)c2ccc(C(=O)NS(=O)(=O)N(C)C)cc21. The van der Waals surface area contributed by atoms with Crippen LogP contribution in [0.1, 0.15) is 72.3 Å². The Kier molecular flexibility index (Phi) is 8.19. The first kappa shape index (κ1) is 31.0. The van der Waals surface area contributed by atoms with E-state index in [1.165, 1.54) is 26.1 Å². The fourth-order valence-electron chi connectivity index (χ4n) is 7.92. The molecule has 244 valence electrons. The van der Waals surface area contributed by atoms with Crippen molar-refractivity contribution in [1.82, 2.24) is 23.4 Å². The summed E-state index contributed by atoms with van der Waals surface area (Å²) in [6.45, 7) is 4.00. The van der Waals surface area contributed by atoms with Crippen molar-refractivity contribution >= 4 is 39.0 Å². The van der Waals surface area contributed by atoms with E-state index in [0.29, 0.717) is 24.6 Å². The molecule has 0 radical (unpaired) electrons. The molecule has 1 N–H and O–H groups in total. The van der Waals surface area contributed by atoms with Gasteiger partial charge in [-0.25, -0.2) is 4.72 Å². The summed E-state index contributed by atoms with van der Waals surface area (Å²) < 4.78 is 36.1. The lowest BCUT2D eigenvalue weighted by atomic mass is 9.81. The van der Waals surface area contributed by atoms with Crippen molar-refractivity contribution in [2.24, 2.45) is 0 Å². The van der Waals surface area contributed by atoms with Gasteiger partial charge in [-0.3, -0.25) is 9.59 Å². The summed E-state index contributed by atoms with van der Waals surface area (Å²) in [6.07, 6.45) is 9.70. The lowest BCUT2D eigenvalue weighted by Gasteiger charge is -2.32. The molecular weight excluding hydrogens is 602 g/mol. The molecule has 4 fully saturated rings. The Morgan fingerprint density at radius 3 is 2.41 bits per heavy atom. The summed E-state index contributed by atoms with van der Waals surface area (Å²) in [5.41, 5.74) is 6.07. The molecule has 2 aromatic carbocycles. The number of piperidine rings is 1. The van der Waals surface area contributed by atoms with Gasteiger partial charge in [0.2, 0.25) is 0 Å². The molecule has 1 saturated carbocycles. The van der Waals surface area contributed by atoms with E-state index in [0.717, 1.165) is 95.9 Å². The number of carbonyl (C=O) groups is 2. The molecular formula is C35H43N5O5S. The van der Waals surface area contributed by atoms with Gasteiger partial charge in [0.05, 0.1) is 19.3 Å². The Balaban J connectivity index is 1.41. The largest absolute Gasteiger partial charge is 0.497 e. The fourth-order valence-corrected chi connectivity index (χ4v) is 8.45. The van der Waals surface area contributed by atoms with Crippen LogP contribution in [0, 0.1) is 0 Å². The molecule has 4 aliphatic heterocycles. The summed E-state index contributed by atoms with van der Waals surface area (Å²) in [4.78, 5) is 32.3. The van der Waals surface area contributed by atoms with Crippen molar-refractivity contribution in [2.75, 3.05) is 47.4 Å². The van der Waals surface area contributed by atoms with Crippen molar-refractivity contribution < 1.29 is 22.7 Å². The maximum absolute atomic E-state index is 14.5. The van der Waals surface area contributed by atoms with Crippen LogP contribution >= 0.6 is 0 Å². The van der Waals surface area contributed by atoms with Crippen LogP contribution in [0.2, 0.25) is 0 Å². The van der Waals surface area contributed by atoms with Crippen LogP contribution in [0.4, 0.5) is 0 Å². The average Bonchev–Trinajstić information content (AvgIpc) is 3.26. The molecule has 0 unspecified atom stereocenters. The number of ether oxygens (including phenoxy) is 1. The highest BCUT2D eigenvalue weighted by atomic mass is 32.2. The minimum absolute atomic E-state index is 0.0578. The Bertz CT molecular complexity index is 1830. The molecule has 5 aliphatic rings. The predicted molar refractivity (Wildman–Crippen MR) is 179 cm³/mol. The van der Waals surface area contributed by atoms with E-state index in [9.17, 15) is 18.0 Å². The number of amides is 2. The van der Waals surface area contributed by atoms with E-state index in [1.807, 2.05) is 24.3 Å². The van der Waals surface area contributed by atoms with Gasteiger partial charge >= 0.3 is 10.2 Å². The van der Waals surface area contributed by atoms with Crippen molar-refractivity contribution in [1.29, 1.82) is 0 Å². The van der Waals surface area contributed by atoms with Gasteiger partial charge in [0.1, 0.15) is 5.75 Å². The molecule has 2 amide bonds. The second-order valence-corrected chi connectivity index (χ2v) is 15.2. The number of benzene rings is 2. The van der Waals surface area contributed by atoms with Gasteiger partial charge in [-0.15, -0.1) is 0 Å². The minimum Gasteiger partial charge on any atom is -0.497 e. The van der Waals surface area contributed by atoms with Crippen molar-refractivity contribution in [3.63, 3.8) is 0 Å². The number of methoxy groups -OCH3 is 1. The normalized spacial score (nSPS) is 21.7. The highest BCUT2D eigenvalue weighted by Crippen LogP contribution is 2.47. The third-order valence-electron chi connectivity index (χ3n) is 10.4. The number of hydrogen-bond acceptors (Lipinski definition) is 6. The van der Waals surface area contributed by atoms with E-state index in [1.54, 1.807) is 19.2 Å². The molecule has 8 rings (SSSR count). The lowest BCUT2D eigenvalue weighted by Crippen LogP contribution is -2.42. The van der Waals surface area contributed by atoms with Gasteiger partial charge in [0.15, 0.2) is 0 Å². The number of hydrogen-bond donors (Lipinski definition) is 1. The summed E-state index contributed by atoms with van der Waals surface area (Å²) in [6, 6.07) is 11.8. The number of nitrogens with zero attached hydrogens (tertiary/aromatic N) is 4. The predicted octanol–water partition coefficient (Wildman–Crippen LogP) is 4.60. The van der Waals surface area contributed by atoms with Crippen LogP contribution in [0.15, 0.2) is 42.0 Å². The Labute approximate surface area is 271 Å². The monoisotopic (exact) mass is 645 g/mol. The number of nitrogens with one attached hydrogen (secondary N) is 1. The van der Waals surface area contributed by atoms with E-state index < -0.39 is 16.1 Å². The van der Waals surface area contributed by atoms with Gasteiger partial charge in [0.25, 0.3) is 11.8 Å². The summed E-state index contributed by atoms with van der Waals surface area (Å²) >= 11 is 0. The lowest BCUT2D eigenvalue weighted by molar-refractivity contribution is -0.129. The zero-order chi connectivity index (χ0) is 32.2. The number of aromatic nitrogens is 1. The van der Waals surface area contributed by atoms with Crippen molar-refractivity contribution in [3.05, 3.63) is 58.7 Å². The van der Waals surface area contributed by atoms with Gasteiger partial charge in [-0.1, -0.05) is 25.3 Å². The van der Waals surface area contributed by atoms with Gasteiger partial charge in [-0.05, 0) is 79.1 Å². The van der Waals surface area contributed by atoms with E-state index in [-0.39, 0.29) is 17.5 Å². The highest BCUT2D eigenvalue weighted by molar-refractivity contribution is 7.87. The first-order chi connectivity index (χ1) is 22.1. The van der Waals surface area contributed by atoms with Gasteiger partial charge < -0.3 is 19.1 Å². The quantitative estimate of drug-likeness (QED) is 0.420. The zero-order valence-electron chi connectivity index (χ0n) is 26.9. The van der Waals surface area contributed by atoms with Crippen LogP contribution in [0.3, 0.4) is 0 Å². The molecule has 10 nitrogen and oxygen atoms in total. The molecule has 11 heteroatoms. The van der Waals surface area contributed by atoms with Gasteiger partial charge in [-0.2, -0.15) is 12.7 Å². The fraction of sp³-hybridized carbons (Fsp3) is 0.486. The van der Waals surface area contributed by atoms with Crippen molar-refractivity contribution in [2.45, 2.75) is 63.5 Å². The third-order valence-corrected chi connectivity index (χ3v) is 11.8. The summed E-state index contributed by atoms with van der Waals surface area (Å²) in [7, 11) is 0.453. The van der Waals surface area contributed by atoms with Gasteiger partial charge in [0, 0.05) is 73.9 Å². The maximum Gasteiger partial charge on any atom is 0.303 e. The molecule has 3 aromatic rings.